The van der Waals surface area contributed by atoms with Crippen molar-refractivity contribution in [3.8, 4) is 22.6 Å². The number of aliphatic carboxylic acids is 1. The largest absolute Gasteiger partial charge is 0.494 e. The van der Waals surface area contributed by atoms with Gasteiger partial charge in [0.25, 0.3) is 10.0 Å². The minimum atomic E-state index is -4.09. The van der Waals surface area contributed by atoms with Crippen molar-refractivity contribution in [3.05, 3.63) is 71.8 Å². The molecule has 1 aliphatic heterocycles. The molecule has 0 bridgehead atoms. The van der Waals surface area contributed by atoms with Gasteiger partial charge in [-0.3, -0.25) is 9.10 Å². The maximum absolute atomic E-state index is 14.9. The lowest BCUT2D eigenvalue weighted by atomic mass is 10.0. The lowest BCUT2D eigenvalue weighted by Gasteiger charge is -2.35. The van der Waals surface area contributed by atoms with E-state index in [-0.39, 0.29) is 52.6 Å². The van der Waals surface area contributed by atoms with Crippen LogP contribution in [0.25, 0.3) is 11.1 Å². The summed E-state index contributed by atoms with van der Waals surface area (Å²) >= 11 is 0. The average molecular weight is 504 g/mol. The van der Waals surface area contributed by atoms with Crippen molar-refractivity contribution in [2.75, 3.05) is 18.0 Å². The number of ether oxygens (including phenoxy) is 2. The van der Waals surface area contributed by atoms with E-state index in [0.29, 0.717) is 0 Å². The van der Waals surface area contributed by atoms with E-state index < -0.39 is 33.7 Å². The number of aryl methyl sites for hydroxylation is 1. The molecule has 4 rings (SSSR count). The van der Waals surface area contributed by atoms with Gasteiger partial charge in [-0.15, -0.1) is 0 Å². The molecule has 1 aliphatic rings. The third kappa shape index (κ3) is 4.93. The number of hydrogen-bond acceptors (Lipinski definition) is 5. The van der Waals surface area contributed by atoms with Crippen LogP contribution in [0.1, 0.15) is 18.4 Å². The van der Waals surface area contributed by atoms with E-state index >= 15 is 0 Å². The van der Waals surface area contributed by atoms with Crippen LogP contribution in [0.5, 0.6) is 11.5 Å². The fourth-order valence-electron chi connectivity index (χ4n) is 3.97. The van der Waals surface area contributed by atoms with Gasteiger partial charge in [-0.05, 0) is 54.8 Å². The number of sulfonamides is 1. The van der Waals surface area contributed by atoms with Crippen molar-refractivity contribution in [1.82, 2.24) is 0 Å². The molecule has 7 nitrogen and oxygen atoms in total. The molecule has 10 heteroatoms. The predicted octanol–water partition coefficient (Wildman–Crippen LogP) is 4.77. The lowest BCUT2D eigenvalue weighted by Crippen LogP contribution is -2.43. The SMILES string of the molecule is COc1cc(F)cc(-c2ccc3c(c2)N(S(=O)(=O)c2cccc(C)c2)C[C@H](CCC(=O)O)O3)c1F. The molecule has 0 amide bonds. The minimum absolute atomic E-state index is 0.0475. The number of nitrogens with zero attached hydrogens (tertiary/aromatic N) is 1. The van der Waals surface area contributed by atoms with Gasteiger partial charge in [-0.25, -0.2) is 17.2 Å². The van der Waals surface area contributed by atoms with Crippen LogP contribution in [0.15, 0.2) is 59.5 Å². The molecular formula is C25H23F2NO6S. The Labute approximate surface area is 201 Å². The van der Waals surface area contributed by atoms with Gasteiger partial charge >= 0.3 is 5.97 Å². The zero-order chi connectivity index (χ0) is 25.3. The van der Waals surface area contributed by atoms with E-state index in [1.54, 1.807) is 19.1 Å². The number of carboxylic acids is 1. The van der Waals surface area contributed by atoms with Gasteiger partial charge in [0.05, 0.1) is 24.2 Å². The summed E-state index contributed by atoms with van der Waals surface area (Å²) in [6.45, 7) is 1.62. The highest BCUT2D eigenvalue weighted by molar-refractivity contribution is 7.92. The molecule has 1 heterocycles. The van der Waals surface area contributed by atoms with Gasteiger partial charge in [0.15, 0.2) is 11.6 Å². The Balaban J connectivity index is 1.84. The summed E-state index contributed by atoms with van der Waals surface area (Å²) in [5.74, 6) is -2.64. The molecule has 3 aromatic carbocycles. The molecule has 3 aromatic rings. The Morgan fingerprint density at radius 3 is 2.63 bits per heavy atom. The van der Waals surface area contributed by atoms with Crippen LogP contribution in [-0.4, -0.2) is 39.3 Å². The van der Waals surface area contributed by atoms with E-state index in [1.807, 2.05) is 0 Å². The van der Waals surface area contributed by atoms with Crippen molar-refractivity contribution in [2.45, 2.75) is 30.8 Å². The van der Waals surface area contributed by atoms with Gasteiger partial charge in [-0.2, -0.15) is 0 Å². The topological polar surface area (TPSA) is 93.1 Å². The first-order valence-electron chi connectivity index (χ1n) is 10.8. The first-order chi connectivity index (χ1) is 16.6. The van der Waals surface area contributed by atoms with Crippen LogP contribution in [0.4, 0.5) is 14.5 Å². The molecule has 0 radical (unpaired) electrons. The zero-order valence-electron chi connectivity index (χ0n) is 19.0. The van der Waals surface area contributed by atoms with Gasteiger partial charge < -0.3 is 14.6 Å². The highest BCUT2D eigenvalue weighted by atomic mass is 32.2. The molecule has 0 spiro atoms. The van der Waals surface area contributed by atoms with Crippen LogP contribution < -0.4 is 13.8 Å². The number of fused-ring (bicyclic) bond motifs is 1. The molecule has 0 saturated heterocycles. The number of anilines is 1. The monoisotopic (exact) mass is 503 g/mol. The quantitative estimate of drug-likeness (QED) is 0.499. The summed E-state index contributed by atoms with van der Waals surface area (Å²) in [4.78, 5) is 11.1. The van der Waals surface area contributed by atoms with Crippen LogP contribution in [-0.2, 0) is 14.8 Å². The van der Waals surface area contributed by atoms with E-state index in [4.69, 9.17) is 14.6 Å². The second-order valence-electron chi connectivity index (χ2n) is 8.18. The van der Waals surface area contributed by atoms with Crippen molar-refractivity contribution in [2.24, 2.45) is 0 Å². The number of rotatable bonds is 7. The maximum atomic E-state index is 14.9. The molecule has 0 aromatic heterocycles. The third-order valence-electron chi connectivity index (χ3n) is 5.68. The number of halogens is 2. The molecule has 35 heavy (non-hydrogen) atoms. The summed E-state index contributed by atoms with van der Waals surface area (Å²) in [5, 5.41) is 9.06. The highest BCUT2D eigenvalue weighted by Crippen LogP contribution is 2.42. The Morgan fingerprint density at radius 2 is 1.94 bits per heavy atom. The lowest BCUT2D eigenvalue weighted by molar-refractivity contribution is -0.137. The van der Waals surface area contributed by atoms with E-state index in [2.05, 4.69) is 0 Å². The van der Waals surface area contributed by atoms with Gasteiger partial charge in [0.2, 0.25) is 0 Å². The van der Waals surface area contributed by atoms with Crippen LogP contribution in [0, 0.1) is 18.6 Å². The average Bonchev–Trinajstić information content (AvgIpc) is 2.83. The molecule has 0 fully saturated rings. The molecular weight excluding hydrogens is 480 g/mol. The number of benzene rings is 3. The summed E-state index contributed by atoms with van der Waals surface area (Å²) < 4.78 is 68.3. The summed E-state index contributed by atoms with van der Waals surface area (Å²) in [6.07, 6.45) is -0.827. The highest BCUT2D eigenvalue weighted by Gasteiger charge is 2.35. The smallest absolute Gasteiger partial charge is 0.303 e. The third-order valence-corrected chi connectivity index (χ3v) is 7.46. The Kier molecular flexibility index (Phi) is 6.66. The fourth-order valence-corrected chi connectivity index (χ4v) is 5.57. The summed E-state index contributed by atoms with van der Waals surface area (Å²) in [7, 11) is -2.87. The van der Waals surface area contributed by atoms with Crippen LogP contribution >= 0.6 is 0 Å². The van der Waals surface area contributed by atoms with E-state index in [1.165, 1.54) is 37.4 Å². The number of carboxylic acid groups (broad SMARTS) is 1. The van der Waals surface area contributed by atoms with Crippen molar-refractivity contribution < 1.29 is 36.6 Å². The zero-order valence-corrected chi connectivity index (χ0v) is 19.8. The number of methoxy groups -OCH3 is 1. The van der Waals surface area contributed by atoms with Gasteiger partial charge in [0.1, 0.15) is 17.7 Å². The molecule has 0 saturated carbocycles. The normalized spacial score (nSPS) is 15.3. The molecule has 0 aliphatic carbocycles. The summed E-state index contributed by atoms with van der Waals surface area (Å²) in [5.41, 5.74) is 0.990. The first-order valence-corrected chi connectivity index (χ1v) is 12.2. The number of hydrogen-bond donors (Lipinski definition) is 1. The minimum Gasteiger partial charge on any atom is -0.494 e. The van der Waals surface area contributed by atoms with Gasteiger partial charge in [-0.1, -0.05) is 18.2 Å². The Hall–Kier alpha value is -3.66. The molecule has 0 unspecified atom stereocenters. The van der Waals surface area contributed by atoms with Gasteiger partial charge in [0, 0.05) is 18.1 Å². The maximum Gasteiger partial charge on any atom is 0.303 e. The molecule has 1 N–H and O–H groups in total. The van der Waals surface area contributed by atoms with Crippen LogP contribution in [0.2, 0.25) is 0 Å². The fraction of sp³-hybridized carbons (Fsp3) is 0.240. The Morgan fingerprint density at radius 1 is 1.17 bits per heavy atom. The predicted molar refractivity (Wildman–Crippen MR) is 125 cm³/mol. The first kappa shape index (κ1) is 24.5. The second-order valence-corrected chi connectivity index (χ2v) is 10.0. The van der Waals surface area contributed by atoms with Crippen molar-refractivity contribution >= 4 is 21.7 Å². The van der Waals surface area contributed by atoms with Crippen molar-refractivity contribution in [1.29, 1.82) is 0 Å². The van der Waals surface area contributed by atoms with E-state index in [0.717, 1.165) is 22.0 Å². The number of carbonyl (C=O) groups is 1. The molecule has 1 atom stereocenters. The standard InChI is InChI=1S/C25H23F2NO6S/c1-15-4-3-5-19(10-15)35(31,32)28-14-18(7-9-24(29)30)34-22-8-6-16(11-21(22)28)20-12-17(26)13-23(33-2)25(20)27/h3-6,8,10-13,18H,7,9,14H2,1-2H3,(H,29,30)/t18-/m0/s1. The summed E-state index contributed by atoms with van der Waals surface area (Å²) in [6, 6.07) is 12.6. The van der Waals surface area contributed by atoms with E-state index in [9.17, 15) is 22.0 Å². The Bertz CT molecular complexity index is 1390. The van der Waals surface area contributed by atoms with Crippen LogP contribution in [0.3, 0.4) is 0 Å². The molecule has 184 valence electrons. The van der Waals surface area contributed by atoms with Crippen molar-refractivity contribution in [3.63, 3.8) is 0 Å². The second kappa shape index (κ2) is 9.53.